The van der Waals surface area contributed by atoms with Crippen LogP contribution >= 0.6 is 0 Å². The predicted molar refractivity (Wildman–Crippen MR) is 188 cm³/mol. The quantitative estimate of drug-likeness (QED) is 0.103. The molecule has 0 saturated heterocycles. The van der Waals surface area contributed by atoms with Gasteiger partial charge in [-0.15, -0.1) is 0 Å². The smallest absolute Gasteiger partial charge is 0.194 e. The van der Waals surface area contributed by atoms with Gasteiger partial charge >= 0.3 is 0 Å². The summed E-state index contributed by atoms with van der Waals surface area (Å²) in [5.41, 5.74) is 2.29. The molecule has 0 radical (unpaired) electrons. The number of hydrogen-bond acceptors (Lipinski definition) is 1. The fourth-order valence-electron chi connectivity index (χ4n) is 7.25. The lowest BCUT2D eigenvalue weighted by Crippen LogP contribution is -2.12. The molecule has 0 amide bonds. The third-order valence-electron chi connectivity index (χ3n) is 9.33. The Labute approximate surface area is 280 Å². The highest BCUT2D eigenvalue weighted by Crippen LogP contribution is 2.47. The highest BCUT2D eigenvalue weighted by molar-refractivity contribution is 6.36. The topological polar surface area (TPSA) is 8.17 Å². The summed E-state index contributed by atoms with van der Waals surface area (Å²) in [5, 5.41) is 7.68. The van der Waals surface area contributed by atoms with E-state index in [9.17, 15) is 26.3 Å². The van der Waals surface area contributed by atoms with Crippen LogP contribution in [0.25, 0.3) is 59.8 Å². The number of fused-ring (bicyclic) bond motifs is 10. The van der Waals surface area contributed by atoms with Gasteiger partial charge in [0.05, 0.1) is 22.4 Å². The maximum atomic E-state index is 14.7. The number of rotatable bonds is 4. The molecule has 0 unspecified atom stereocenters. The molecular formula is C42H22F6N2. The molecule has 0 aliphatic carbocycles. The van der Waals surface area contributed by atoms with E-state index in [4.69, 9.17) is 0 Å². The average molecular weight is 669 g/mol. The molecule has 1 heterocycles. The molecule has 0 bridgehead atoms. The van der Waals surface area contributed by atoms with Crippen molar-refractivity contribution < 1.29 is 26.3 Å². The minimum absolute atomic E-state index is 0.238. The van der Waals surface area contributed by atoms with Crippen LogP contribution in [0.2, 0.25) is 0 Å². The number of aromatic nitrogens is 1. The highest BCUT2D eigenvalue weighted by Gasteiger charge is 2.25. The van der Waals surface area contributed by atoms with Crippen molar-refractivity contribution in [2.45, 2.75) is 0 Å². The predicted octanol–water partition coefficient (Wildman–Crippen LogP) is 12.5. The summed E-state index contributed by atoms with van der Waals surface area (Å²) in [6.07, 6.45) is 0. The minimum atomic E-state index is -1.70. The minimum Gasteiger partial charge on any atom is -0.310 e. The summed E-state index contributed by atoms with van der Waals surface area (Å²) in [5.74, 6) is -9.40. The molecule has 2 nitrogen and oxygen atoms in total. The van der Waals surface area contributed by atoms with Gasteiger partial charge in [-0.1, -0.05) is 78.9 Å². The van der Waals surface area contributed by atoms with Crippen LogP contribution in [0, 0.1) is 34.9 Å². The zero-order chi connectivity index (χ0) is 34.3. The van der Waals surface area contributed by atoms with E-state index in [1.54, 1.807) is 12.1 Å². The zero-order valence-electron chi connectivity index (χ0n) is 25.9. The normalized spacial score (nSPS) is 11.8. The molecule has 242 valence electrons. The molecule has 50 heavy (non-hydrogen) atoms. The maximum Gasteiger partial charge on any atom is 0.194 e. The van der Waals surface area contributed by atoms with Crippen molar-refractivity contribution in [1.82, 2.24) is 4.57 Å². The highest BCUT2D eigenvalue weighted by atomic mass is 19.2. The zero-order valence-corrected chi connectivity index (χ0v) is 25.9. The van der Waals surface area contributed by atoms with Gasteiger partial charge in [0.2, 0.25) is 0 Å². The molecule has 0 fully saturated rings. The molecule has 0 saturated carbocycles. The Kier molecular flexibility index (Phi) is 6.64. The molecular weight excluding hydrogens is 646 g/mol. The van der Waals surface area contributed by atoms with E-state index in [1.807, 2.05) is 66.7 Å². The molecule has 8 heteroatoms. The summed E-state index contributed by atoms with van der Waals surface area (Å²) in [6, 6.07) is 38.3. The fraction of sp³-hybridized carbons (Fsp3) is 0. The lowest BCUT2D eigenvalue weighted by Gasteiger charge is -2.26. The van der Waals surface area contributed by atoms with Crippen molar-refractivity contribution in [2.75, 3.05) is 4.90 Å². The Morgan fingerprint density at radius 2 is 0.920 bits per heavy atom. The Hall–Kier alpha value is -6.28. The van der Waals surface area contributed by atoms with Crippen LogP contribution in [-0.2, 0) is 0 Å². The van der Waals surface area contributed by atoms with E-state index in [0.29, 0.717) is 0 Å². The van der Waals surface area contributed by atoms with Crippen molar-refractivity contribution in [3.8, 4) is 5.69 Å². The van der Waals surface area contributed by atoms with Crippen molar-refractivity contribution in [2.24, 2.45) is 0 Å². The summed E-state index contributed by atoms with van der Waals surface area (Å²) >= 11 is 0. The monoisotopic (exact) mass is 668 g/mol. The maximum absolute atomic E-state index is 14.7. The number of nitrogens with zero attached hydrogens (tertiary/aromatic N) is 2. The van der Waals surface area contributed by atoms with Gasteiger partial charge in [-0.05, 0) is 57.3 Å². The first-order chi connectivity index (χ1) is 24.3. The number of anilines is 3. The number of benzene rings is 8. The first kappa shape index (κ1) is 29.8. The third-order valence-corrected chi connectivity index (χ3v) is 9.33. The van der Waals surface area contributed by atoms with Crippen LogP contribution < -0.4 is 4.90 Å². The van der Waals surface area contributed by atoms with Crippen LogP contribution in [0.4, 0.5) is 43.4 Å². The van der Waals surface area contributed by atoms with Crippen LogP contribution in [0.5, 0.6) is 0 Å². The van der Waals surface area contributed by atoms with Gasteiger partial charge < -0.3 is 9.47 Å². The number of hydrogen-bond donors (Lipinski definition) is 0. The van der Waals surface area contributed by atoms with Gasteiger partial charge in [-0.2, -0.15) is 0 Å². The van der Waals surface area contributed by atoms with Crippen LogP contribution in [-0.4, -0.2) is 4.57 Å². The van der Waals surface area contributed by atoms with E-state index in [2.05, 4.69) is 34.9 Å². The van der Waals surface area contributed by atoms with Crippen LogP contribution in [0.3, 0.4) is 0 Å². The molecule has 9 aromatic rings. The molecule has 8 aromatic carbocycles. The fourth-order valence-corrected chi connectivity index (χ4v) is 7.25. The summed E-state index contributed by atoms with van der Waals surface area (Å²) in [6.45, 7) is 0. The molecule has 0 atom stereocenters. The van der Waals surface area contributed by atoms with Gasteiger partial charge in [0.1, 0.15) is 0 Å². The lowest BCUT2D eigenvalue weighted by atomic mass is 9.93. The van der Waals surface area contributed by atoms with Crippen LogP contribution in [0.1, 0.15) is 0 Å². The van der Waals surface area contributed by atoms with Crippen LogP contribution in [0.15, 0.2) is 133 Å². The summed E-state index contributed by atoms with van der Waals surface area (Å²) in [7, 11) is 0. The number of halogens is 6. The lowest BCUT2D eigenvalue weighted by molar-refractivity contribution is 0.446. The van der Waals surface area contributed by atoms with Gasteiger partial charge in [-0.25, -0.2) is 26.3 Å². The van der Waals surface area contributed by atoms with Gasteiger partial charge in [0.15, 0.2) is 34.9 Å². The Morgan fingerprint density at radius 1 is 0.400 bits per heavy atom. The van der Waals surface area contributed by atoms with E-state index in [0.717, 1.165) is 84.1 Å². The van der Waals surface area contributed by atoms with Crippen molar-refractivity contribution in [3.05, 3.63) is 168 Å². The van der Waals surface area contributed by atoms with Crippen molar-refractivity contribution in [3.63, 3.8) is 0 Å². The Balaban J connectivity index is 1.47. The number of para-hydroxylation sites is 1. The van der Waals surface area contributed by atoms with Crippen molar-refractivity contribution >= 4 is 71.2 Å². The second-order valence-corrected chi connectivity index (χ2v) is 12.1. The molecule has 0 aliphatic rings. The van der Waals surface area contributed by atoms with Gasteiger partial charge in [-0.3, -0.25) is 0 Å². The first-order valence-electron chi connectivity index (χ1n) is 15.7. The van der Waals surface area contributed by atoms with Crippen molar-refractivity contribution in [1.29, 1.82) is 0 Å². The second-order valence-electron chi connectivity index (χ2n) is 12.1. The van der Waals surface area contributed by atoms with Gasteiger partial charge in [0.25, 0.3) is 0 Å². The molecule has 9 rings (SSSR count). The van der Waals surface area contributed by atoms with E-state index in [1.165, 1.54) is 4.90 Å². The Morgan fingerprint density at radius 3 is 1.56 bits per heavy atom. The summed E-state index contributed by atoms with van der Waals surface area (Å²) in [4.78, 5) is 1.17. The average Bonchev–Trinajstić information content (AvgIpc) is 3.47. The molecule has 0 spiro atoms. The molecule has 1 aromatic heterocycles. The Bertz CT molecular complexity index is 2740. The molecule has 0 aliphatic heterocycles. The largest absolute Gasteiger partial charge is 0.310 e. The SMILES string of the molecule is Fc1cc(N(c2cc(F)c(F)c(F)c2)c2ccc3c(c2)c2c4ccccc4c4ccc5ccccc5c4c2n3-c2ccccc2)cc(F)c1F. The van der Waals surface area contributed by atoms with E-state index >= 15 is 0 Å². The second kappa shape index (κ2) is 11.1. The summed E-state index contributed by atoms with van der Waals surface area (Å²) < 4.78 is 89.3. The van der Waals surface area contributed by atoms with E-state index < -0.39 is 34.9 Å². The third kappa shape index (κ3) is 4.38. The first-order valence-corrected chi connectivity index (χ1v) is 15.7. The van der Waals surface area contributed by atoms with E-state index in [-0.39, 0.29) is 17.1 Å². The molecule has 0 N–H and O–H groups in total. The standard InChI is InChI=1S/C42H22F6N2/c43-33-19-26(20-34(44)40(33)47)49(27-21-35(45)41(48)36(46)22-27)25-15-17-37-32(18-25)39-30-13-7-6-12-29(30)31-16-14-23-8-4-5-11-28(23)38(31)42(39)50(37)24-9-2-1-3-10-24/h1-22H. The van der Waals surface area contributed by atoms with Gasteiger partial charge in [0, 0.05) is 51.8 Å².